The fourth-order valence-electron chi connectivity index (χ4n) is 3.71. The summed E-state index contributed by atoms with van der Waals surface area (Å²) in [4.78, 5) is 2.64. The number of hydrogen-bond acceptors (Lipinski definition) is 3. The summed E-state index contributed by atoms with van der Waals surface area (Å²) < 4.78 is 0. The van der Waals surface area contributed by atoms with Gasteiger partial charge in [-0.3, -0.25) is 0 Å². The van der Waals surface area contributed by atoms with Crippen molar-refractivity contribution in [2.75, 3.05) is 39.3 Å². The van der Waals surface area contributed by atoms with Gasteiger partial charge in [0.05, 0.1) is 0 Å². The van der Waals surface area contributed by atoms with Crippen molar-refractivity contribution in [3.63, 3.8) is 0 Å². The molecule has 0 bridgehead atoms. The van der Waals surface area contributed by atoms with Gasteiger partial charge in [0.25, 0.3) is 0 Å². The predicted molar refractivity (Wildman–Crippen MR) is 93.2 cm³/mol. The lowest BCUT2D eigenvalue weighted by Crippen LogP contribution is -2.46. The molecular formula is C19H31N3. The third-order valence-corrected chi connectivity index (χ3v) is 5.26. The van der Waals surface area contributed by atoms with Crippen molar-refractivity contribution in [1.29, 1.82) is 0 Å². The Hall–Kier alpha value is -0.900. The second kappa shape index (κ2) is 8.66. The van der Waals surface area contributed by atoms with Gasteiger partial charge in [-0.25, -0.2) is 0 Å². The van der Waals surface area contributed by atoms with Crippen LogP contribution < -0.4 is 10.6 Å². The van der Waals surface area contributed by atoms with E-state index >= 15 is 0 Å². The Morgan fingerprint density at radius 2 is 1.91 bits per heavy atom. The normalized spacial score (nSPS) is 24.5. The molecule has 1 atom stereocenters. The summed E-state index contributed by atoms with van der Waals surface area (Å²) in [6.07, 6.45) is 6.60. The van der Waals surface area contributed by atoms with Gasteiger partial charge in [0.15, 0.2) is 0 Å². The Labute approximate surface area is 135 Å². The van der Waals surface area contributed by atoms with E-state index in [0.29, 0.717) is 6.04 Å². The Kier molecular flexibility index (Phi) is 6.29. The molecule has 3 nitrogen and oxygen atoms in total. The molecule has 0 saturated carbocycles. The zero-order valence-electron chi connectivity index (χ0n) is 13.8. The smallest absolute Gasteiger partial charge is 0.0193 e. The van der Waals surface area contributed by atoms with Gasteiger partial charge in [-0.2, -0.15) is 0 Å². The number of likely N-dealkylation sites (tertiary alicyclic amines) is 1. The van der Waals surface area contributed by atoms with Crippen molar-refractivity contribution in [2.45, 2.75) is 38.1 Å². The molecule has 3 heteroatoms. The van der Waals surface area contributed by atoms with Crippen LogP contribution in [0.25, 0.3) is 0 Å². The van der Waals surface area contributed by atoms with Crippen molar-refractivity contribution in [3.05, 3.63) is 35.9 Å². The molecule has 2 fully saturated rings. The van der Waals surface area contributed by atoms with Crippen molar-refractivity contribution < 1.29 is 0 Å². The second-order valence-corrected chi connectivity index (χ2v) is 6.97. The maximum Gasteiger partial charge on any atom is 0.0193 e. The number of rotatable bonds is 6. The minimum absolute atomic E-state index is 0.713. The summed E-state index contributed by atoms with van der Waals surface area (Å²) in [5, 5.41) is 7.27. The van der Waals surface area contributed by atoms with Gasteiger partial charge in [-0.15, -0.1) is 0 Å². The zero-order valence-corrected chi connectivity index (χ0v) is 13.8. The number of nitrogens with zero attached hydrogens (tertiary/aromatic N) is 1. The van der Waals surface area contributed by atoms with Gasteiger partial charge in [0.1, 0.15) is 0 Å². The lowest BCUT2D eigenvalue weighted by atomic mass is 9.95. The zero-order chi connectivity index (χ0) is 15.0. The monoisotopic (exact) mass is 301 g/mol. The fraction of sp³-hybridized carbons (Fsp3) is 0.684. The van der Waals surface area contributed by atoms with Gasteiger partial charge < -0.3 is 15.5 Å². The van der Waals surface area contributed by atoms with Crippen LogP contribution >= 0.6 is 0 Å². The van der Waals surface area contributed by atoms with E-state index in [9.17, 15) is 0 Å². The van der Waals surface area contributed by atoms with Crippen molar-refractivity contribution in [2.24, 2.45) is 5.92 Å². The van der Waals surface area contributed by atoms with Gasteiger partial charge in [-0.05, 0) is 69.8 Å². The summed E-state index contributed by atoms with van der Waals surface area (Å²) in [5.74, 6) is 0.884. The first-order valence-corrected chi connectivity index (χ1v) is 9.10. The predicted octanol–water partition coefficient (Wildman–Crippen LogP) is 2.28. The van der Waals surface area contributed by atoms with E-state index in [1.807, 2.05) is 0 Å². The first-order valence-electron chi connectivity index (χ1n) is 9.10. The molecule has 1 aromatic rings. The molecule has 0 radical (unpaired) electrons. The highest BCUT2D eigenvalue weighted by molar-refractivity contribution is 5.14. The van der Waals surface area contributed by atoms with E-state index in [1.54, 1.807) is 0 Å². The standard InChI is InChI=1S/C19H31N3/c1-2-5-17(6-3-1)8-12-22-13-9-18(10-14-22)15-21-19-7-4-11-20-16-19/h1-3,5-6,18-21H,4,7-16H2. The van der Waals surface area contributed by atoms with E-state index in [4.69, 9.17) is 0 Å². The van der Waals surface area contributed by atoms with Crippen LogP contribution in [0.3, 0.4) is 0 Å². The number of benzene rings is 1. The largest absolute Gasteiger partial charge is 0.315 e. The van der Waals surface area contributed by atoms with Crippen LogP contribution in [0.1, 0.15) is 31.2 Å². The van der Waals surface area contributed by atoms with Crippen molar-refractivity contribution in [3.8, 4) is 0 Å². The van der Waals surface area contributed by atoms with Crippen LogP contribution in [0.2, 0.25) is 0 Å². The summed E-state index contributed by atoms with van der Waals surface area (Å²) in [6.45, 7) is 7.37. The van der Waals surface area contributed by atoms with Crippen LogP contribution in [0.5, 0.6) is 0 Å². The average molecular weight is 301 g/mol. The minimum Gasteiger partial charge on any atom is -0.315 e. The SMILES string of the molecule is c1ccc(CCN2CCC(CNC3CCCNC3)CC2)cc1. The average Bonchev–Trinajstić information content (AvgIpc) is 2.61. The third kappa shape index (κ3) is 5.08. The van der Waals surface area contributed by atoms with Gasteiger partial charge >= 0.3 is 0 Å². The summed E-state index contributed by atoms with van der Waals surface area (Å²) in [5.41, 5.74) is 1.47. The van der Waals surface area contributed by atoms with E-state index < -0.39 is 0 Å². The van der Waals surface area contributed by atoms with E-state index in [-0.39, 0.29) is 0 Å². The van der Waals surface area contributed by atoms with Crippen LogP contribution in [-0.2, 0) is 6.42 Å². The van der Waals surface area contributed by atoms with Gasteiger partial charge in [-0.1, -0.05) is 30.3 Å². The molecule has 0 spiro atoms. The summed E-state index contributed by atoms with van der Waals surface area (Å²) in [7, 11) is 0. The quantitative estimate of drug-likeness (QED) is 0.844. The molecule has 1 aromatic carbocycles. The van der Waals surface area contributed by atoms with Gasteiger partial charge in [0.2, 0.25) is 0 Å². The molecule has 122 valence electrons. The fourth-order valence-corrected chi connectivity index (χ4v) is 3.71. The molecule has 2 aliphatic heterocycles. The first-order chi connectivity index (χ1) is 10.9. The van der Waals surface area contributed by atoms with Crippen LogP contribution in [0.4, 0.5) is 0 Å². The van der Waals surface area contributed by atoms with Crippen molar-refractivity contribution in [1.82, 2.24) is 15.5 Å². The summed E-state index contributed by atoms with van der Waals surface area (Å²) in [6, 6.07) is 11.6. The van der Waals surface area contributed by atoms with Crippen LogP contribution in [0.15, 0.2) is 30.3 Å². The van der Waals surface area contributed by atoms with Crippen LogP contribution in [-0.4, -0.2) is 50.2 Å². The highest BCUT2D eigenvalue weighted by atomic mass is 15.1. The molecule has 0 amide bonds. The van der Waals surface area contributed by atoms with Gasteiger partial charge in [0, 0.05) is 19.1 Å². The third-order valence-electron chi connectivity index (χ3n) is 5.26. The Morgan fingerprint density at radius 3 is 2.64 bits per heavy atom. The molecule has 2 aliphatic rings. The van der Waals surface area contributed by atoms with Crippen molar-refractivity contribution >= 4 is 0 Å². The van der Waals surface area contributed by atoms with E-state index in [2.05, 4.69) is 45.9 Å². The number of hydrogen-bond donors (Lipinski definition) is 2. The highest BCUT2D eigenvalue weighted by Crippen LogP contribution is 2.17. The molecule has 22 heavy (non-hydrogen) atoms. The molecule has 2 heterocycles. The van der Waals surface area contributed by atoms with Crippen LogP contribution in [0, 0.1) is 5.92 Å². The molecule has 3 rings (SSSR count). The van der Waals surface area contributed by atoms with E-state index in [1.165, 1.54) is 70.4 Å². The molecule has 2 N–H and O–H groups in total. The number of nitrogens with one attached hydrogen (secondary N) is 2. The molecule has 1 unspecified atom stereocenters. The topological polar surface area (TPSA) is 27.3 Å². The molecule has 0 aliphatic carbocycles. The second-order valence-electron chi connectivity index (χ2n) is 6.97. The van der Waals surface area contributed by atoms with E-state index in [0.717, 1.165) is 12.5 Å². The minimum atomic E-state index is 0.713. The Balaban J connectivity index is 1.30. The summed E-state index contributed by atoms with van der Waals surface area (Å²) >= 11 is 0. The Morgan fingerprint density at radius 1 is 1.09 bits per heavy atom. The maximum atomic E-state index is 3.78. The lowest BCUT2D eigenvalue weighted by Gasteiger charge is -2.33. The molecule has 0 aromatic heterocycles. The maximum absolute atomic E-state index is 3.78. The highest BCUT2D eigenvalue weighted by Gasteiger charge is 2.20. The first kappa shape index (κ1) is 16.0. The number of piperidine rings is 2. The molecular weight excluding hydrogens is 270 g/mol. The Bertz CT molecular complexity index is 406. The molecule has 2 saturated heterocycles. The lowest BCUT2D eigenvalue weighted by molar-refractivity contribution is 0.180.